The number of nitrogens with zero attached hydrogens (tertiary/aromatic N) is 2. The SMILES string of the molecule is CCCC(=O)N1CCCC(C(=O)Nc2nc3c(s2)CC(CC)CC3)C1. The highest BCUT2D eigenvalue weighted by atomic mass is 32.1. The number of amides is 2. The van der Waals surface area contributed by atoms with Crippen molar-refractivity contribution in [3.63, 3.8) is 0 Å². The smallest absolute Gasteiger partial charge is 0.231 e. The molecule has 1 aromatic rings. The van der Waals surface area contributed by atoms with Crippen LogP contribution in [0.5, 0.6) is 0 Å². The van der Waals surface area contributed by atoms with Gasteiger partial charge in [0, 0.05) is 24.4 Å². The van der Waals surface area contributed by atoms with Crippen molar-refractivity contribution in [2.75, 3.05) is 18.4 Å². The number of fused-ring (bicyclic) bond motifs is 1. The third-order valence-corrected chi connectivity index (χ3v) is 6.49. The molecule has 6 heteroatoms. The number of anilines is 1. The van der Waals surface area contributed by atoms with Crippen LogP contribution in [-0.4, -0.2) is 34.8 Å². The molecule has 138 valence electrons. The summed E-state index contributed by atoms with van der Waals surface area (Å²) in [5, 5.41) is 3.76. The number of piperidine rings is 1. The van der Waals surface area contributed by atoms with Gasteiger partial charge in [0.1, 0.15) is 0 Å². The normalized spacial score (nSPS) is 23.2. The molecule has 5 nitrogen and oxygen atoms in total. The van der Waals surface area contributed by atoms with E-state index < -0.39 is 0 Å². The minimum atomic E-state index is -0.112. The molecule has 0 spiro atoms. The average molecular weight is 364 g/mol. The molecular formula is C19H29N3O2S. The second-order valence-corrected chi connectivity index (χ2v) is 8.41. The lowest BCUT2D eigenvalue weighted by Crippen LogP contribution is -2.43. The zero-order valence-corrected chi connectivity index (χ0v) is 16.2. The van der Waals surface area contributed by atoms with Gasteiger partial charge >= 0.3 is 0 Å². The molecule has 0 radical (unpaired) electrons. The van der Waals surface area contributed by atoms with Gasteiger partial charge in [0.25, 0.3) is 0 Å². The lowest BCUT2D eigenvalue weighted by molar-refractivity contribution is -0.134. The van der Waals surface area contributed by atoms with Gasteiger partial charge in [-0.1, -0.05) is 20.3 Å². The number of likely N-dealkylation sites (tertiary alicyclic amines) is 1. The van der Waals surface area contributed by atoms with Crippen molar-refractivity contribution in [3.8, 4) is 0 Å². The average Bonchev–Trinajstić information content (AvgIpc) is 3.03. The molecule has 1 N–H and O–H groups in total. The Kier molecular flexibility index (Phi) is 6.10. The minimum absolute atomic E-state index is 0.0205. The molecule has 1 aromatic heterocycles. The van der Waals surface area contributed by atoms with Crippen LogP contribution >= 0.6 is 11.3 Å². The number of aryl methyl sites for hydroxylation is 1. The van der Waals surface area contributed by atoms with E-state index in [2.05, 4.69) is 17.2 Å². The standard InChI is InChI=1S/C19H29N3O2S/c1-3-6-17(23)22-10-5-7-14(12-22)18(24)21-19-20-15-9-8-13(4-2)11-16(15)25-19/h13-14H,3-12H2,1-2H3,(H,20,21,24). The third-order valence-electron chi connectivity index (χ3n) is 5.46. The molecule has 2 heterocycles. The van der Waals surface area contributed by atoms with Crippen LogP contribution in [0, 0.1) is 11.8 Å². The fourth-order valence-electron chi connectivity index (χ4n) is 3.84. The van der Waals surface area contributed by atoms with Crippen LogP contribution in [0.1, 0.15) is 62.9 Å². The maximum atomic E-state index is 12.6. The van der Waals surface area contributed by atoms with E-state index in [1.54, 1.807) is 11.3 Å². The summed E-state index contributed by atoms with van der Waals surface area (Å²) in [5.74, 6) is 0.842. The van der Waals surface area contributed by atoms with Gasteiger partial charge in [-0.2, -0.15) is 0 Å². The molecule has 25 heavy (non-hydrogen) atoms. The van der Waals surface area contributed by atoms with Crippen LogP contribution in [0.15, 0.2) is 0 Å². The summed E-state index contributed by atoms with van der Waals surface area (Å²) in [6.07, 6.45) is 7.73. The molecule has 2 unspecified atom stereocenters. The monoisotopic (exact) mass is 363 g/mol. The van der Waals surface area contributed by atoms with E-state index in [1.165, 1.54) is 23.4 Å². The van der Waals surface area contributed by atoms with Gasteiger partial charge in [0.2, 0.25) is 11.8 Å². The Hall–Kier alpha value is -1.43. The topological polar surface area (TPSA) is 62.3 Å². The van der Waals surface area contributed by atoms with E-state index in [0.29, 0.717) is 13.0 Å². The number of aromatic nitrogens is 1. The Morgan fingerprint density at radius 3 is 2.92 bits per heavy atom. The molecule has 0 saturated carbocycles. The predicted molar refractivity (Wildman–Crippen MR) is 101 cm³/mol. The zero-order valence-electron chi connectivity index (χ0n) is 15.3. The van der Waals surface area contributed by atoms with Gasteiger partial charge in [0.05, 0.1) is 11.6 Å². The summed E-state index contributed by atoms with van der Waals surface area (Å²) in [7, 11) is 0. The summed E-state index contributed by atoms with van der Waals surface area (Å²) >= 11 is 1.64. The van der Waals surface area contributed by atoms with Gasteiger partial charge < -0.3 is 10.2 Å². The lowest BCUT2D eigenvalue weighted by Gasteiger charge is -2.31. The zero-order chi connectivity index (χ0) is 17.8. The largest absolute Gasteiger partial charge is 0.342 e. The van der Waals surface area contributed by atoms with Crippen molar-refractivity contribution in [1.29, 1.82) is 0 Å². The highest BCUT2D eigenvalue weighted by molar-refractivity contribution is 7.15. The van der Waals surface area contributed by atoms with E-state index in [0.717, 1.165) is 49.7 Å². The fourth-order valence-corrected chi connectivity index (χ4v) is 4.97. The number of carbonyl (C=O) groups is 2. The summed E-state index contributed by atoms with van der Waals surface area (Å²) < 4.78 is 0. The first kappa shape index (κ1) is 18.4. The number of hydrogen-bond donors (Lipinski definition) is 1. The van der Waals surface area contributed by atoms with Crippen molar-refractivity contribution in [1.82, 2.24) is 9.88 Å². The Bertz CT molecular complexity index is 628. The van der Waals surface area contributed by atoms with Crippen molar-refractivity contribution in [2.45, 2.75) is 65.2 Å². The van der Waals surface area contributed by atoms with E-state index in [4.69, 9.17) is 0 Å². The van der Waals surface area contributed by atoms with Crippen LogP contribution in [0.3, 0.4) is 0 Å². The van der Waals surface area contributed by atoms with Crippen LogP contribution in [0.4, 0.5) is 5.13 Å². The Morgan fingerprint density at radius 2 is 2.16 bits per heavy atom. The summed E-state index contributed by atoms with van der Waals surface area (Å²) in [5.41, 5.74) is 1.17. The minimum Gasteiger partial charge on any atom is -0.342 e. The van der Waals surface area contributed by atoms with Gasteiger partial charge in [-0.25, -0.2) is 4.98 Å². The molecule has 2 aliphatic rings. The van der Waals surface area contributed by atoms with Crippen LogP contribution in [0.2, 0.25) is 0 Å². The van der Waals surface area contributed by atoms with Crippen LogP contribution < -0.4 is 5.32 Å². The number of nitrogens with one attached hydrogen (secondary N) is 1. The van der Waals surface area contributed by atoms with E-state index in [9.17, 15) is 9.59 Å². The molecule has 3 rings (SSSR count). The Balaban J connectivity index is 1.59. The quantitative estimate of drug-likeness (QED) is 0.869. The summed E-state index contributed by atoms with van der Waals surface area (Å²) in [6.45, 7) is 5.59. The lowest BCUT2D eigenvalue weighted by atomic mass is 9.89. The molecular weight excluding hydrogens is 334 g/mol. The van der Waals surface area contributed by atoms with E-state index in [-0.39, 0.29) is 17.7 Å². The van der Waals surface area contributed by atoms with Gasteiger partial charge in [-0.15, -0.1) is 11.3 Å². The fraction of sp³-hybridized carbons (Fsp3) is 0.737. The van der Waals surface area contributed by atoms with Gasteiger partial charge in [-0.3, -0.25) is 9.59 Å². The maximum Gasteiger partial charge on any atom is 0.231 e. The summed E-state index contributed by atoms with van der Waals surface area (Å²) in [4.78, 5) is 32.6. The second kappa shape index (κ2) is 8.30. The van der Waals surface area contributed by atoms with Crippen molar-refractivity contribution >= 4 is 28.3 Å². The van der Waals surface area contributed by atoms with Crippen LogP contribution in [0.25, 0.3) is 0 Å². The molecule has 1 aliphatic heterocycles. The van der Waals surface area contributed by atoms with Gasteiger partial charge in [0.15, 0.2) is 5.13 Å². The molecule has 2 atom stereocenters. The molecule has 0 aromatic carbocycles. The first-order valence-corrected chi connectivity index (χ1v) is 10.5. The van der Waals surface area contributed by atoms with Gasteiger partial charge in [-0.05, 0) is 44.4 Å². The van der Waals surface area contributed by atoms with Crippen molar-refractivity contribution in [3.05, 3.63) is 10.6 Å². The number of rotatable bonds is 5. The number of carbonyl (C=O) groups excluding carboxylic acids is 2. The first-order valence-electron chi connectivity index (χ1n) is 9.67. The molecule has 0 bridgehead atoms. The predicted octanol–water partition coefficient (Wildman–Crippen LogP) is 3.64. The second-order valence-electron chi connectivity index (χ2n) is 7.32. The van der Waals surface area contributed by atoms with E-state index >= 15 is 0 Å². The molecule has 1 saturated heterocycles. The Labute approximate surface area is 154 Å². The van der Waals surface area contributed by atoms with Crippen LogP contribution in [-0.2, 0) is 22.4 Å². The third kappa shape index (κ3) is 4.40. The highest BCUT2D eigenvalue weighted by Gasteiger charge is 2.29. The molecule has 1 aliphatic carbocycles. The van der Waals surface area contributed by atoms with Crippen molar-refractivity contribution < 1.29 is 9.59 Å². The van der Waals surface area contributed by atoms with E-state index in [1.807, 2.05) is 11.8 Å². The Morgan fingerprint density at radius 1 is 1.32 bits per heavy atom. The molecule has 1 fully saturated rings. The first-order chi connectivity index (χ1) is 12.1. The van der Waals surface area contributed by atoms with Crippen molar-refractivity contribution in [2.24, 2.45) is 11.8 Å². The molecule has 2 amide bonds. The highest BCUT2D eigenvalue weighted by Crippen LogP contribution is 2.33. The summed E-state index contributed by atoms with van der Waals surface area (Å²) in [6, 6.07) is 0. The number of thiazole rings is 1. The maximum absolute atomic E-state index is 12.6. The number of hydrogen-bond acceptors (Lipinski definition) is 4.